The molecule has 0 radical (unpaired) electrons. The average Bonchev–Trinajstić information content (AvgIpc) is 3.13. The van der Waals surface area contributed by atoms with E-state index in [4.69, 9.17) is 12.2 Å². The highest BCUT2D eigenvalue weighted by Gasteiger charge is 2.09. The standard InChI is InChI=1S/C19H17N5S/c1-12-7-9-14(10-8-12)18-22-23-19(25)24(18)20-11-16-13(2)21-17-6-4-3-5-15(16)17/h3-11,21H,1-2H3,(H,23,25)/b20-11+. The number of aryl methyl sites for hydroxylation is 2. The number of hydrogen-bond donors (Lipinski definition) is 2. The van der Waals surface area contributed by atoms with E-state index in [0.717, 1.165) is 27.7 Å². The molecular weight excluding hydrogens is 330 g/mol. The van der Waals surface area contributed by atoms with Crippen molar-refractivity contribution < 1.29 is 0 Å². The lowest BCUT2D eigenvalue weighted by Gasteiger charge is -2.01. The van der Waals surface area contributed by atoms with Gasteiger partial charge >= 0.3 is 0 Å². The predicted octanol–water partition coefficient (Wildman–Crippen LogP) is 4.59. The van der Waals surface area contributed by atoms with Gasteiger partial charge in [-0.3, -0.25) is 0 Å². The van der Waals surface area contributed by atoms with Gasteiger partial charge in [0.15, 0.2) is 5.82 Å². The maximum Gasteiger partial charge on any atom is 0.216 e. The number of aromatic nitrogens is 4. The molecule has 0 saturated carbocycles. The zero-order valence-electron chi connectivity index (χ0n) is 13.9. The van der Waals surface area contributed by atoms with Crippen molar-refractivity contribution in [2.24, 2.45) is 5.10 Å². The third-order valence-corrected chi connectivity index (χ3v) is 4.47. The molecule has 0 unspecified atom stereocenters. The Balaban J connectivity index is 1.79. The van der Waals surface area contributed by atoms with Crippen LogP contribution in [-0.2, 0) is 0 Å². The minimum atomic E-state index is 0.462. The van der Waals surface area contributed by atoms with Crippen LogP contribution in [0.2, 0.25) is 0 Å². The van der Waals surface area contributed by atoms with Gasteiger partial charge in [-0.25, -0.2) is 5.10 Å². The highest BCUT2D eigenvalue weighted by molar-refractivity contribution is 7.71. The Morgan fingerprint density at radius 1 is 1.08 bits per heavy atom. The maximum atomic E-state index is 5.35. The molecule has 0 bridgehead atoms. The summed E-state index contributed by atoms with van der Waals surface area (Å²) in [5, 5.41) is 12.9. The van der Waals surface area contributed by atoms with E-state index in [1.54, 1.807) is 4.68 Å². The number of nitrogens with one attached hydrogen (secondary N) is 2. The fourth-order valence-corrected chi connectivity index (χ4v) is 3.05. The molecule has 0 aliphatic carbocycles. The van der Waals surface area contributed by atoms with E-state index in [9.17, 15) is 0 Å². The summed E-state index contributed by atoms with van der Waals surface area (Å²) in [7, 11) is 0. The van der Waals surface area contributed by atoms with Gasteiger partial charge in [-0.15, -0.1) is 0 Å². The van der Waals surface area contributed by atoms with Crippen LogP contribution in [0.3, 0.4) is 0 Å². The molecule has 0 amide bonds. The Kier molecular flexibility index (Phi) is 3.82. The molecule has 6 heteroatoms. The van der Waals surface area contributed by atoms with Crippen LogP contribution in [0.25, 0.3) is 22.3 Å². The Morgan fingerprint density at radius 2 is 1.84 bits per heavy atom. The molecule has 124 valence electrons. The molecule has 0 spiro atoms. The summed E-state index contributed by atoms with van der Waals surface area (Å²) in [5.74, 6) is 0.693. The number of rotatable bonds is 3. The van der Waals surface area contributed by atoms with Gasteiger partial charge in [0, 0.05) is 27.7 Å². The van der Waals surface area contributed by atoms with Gasteiger partial charge in [0.05, 0.1) is 6.21 Å². The second-order valence-corrected chi connectivity index (χ2v) is 6.37. The third kappa shape index (κ3) is 2.81. The zero-order valence-corrected chi connectivity index (χ0v) is 14.8. The lowest BCUT2D eigenvalue weighted by atomic mass is 10.1. The largest absolute Gasteiger partial charge is 0.358 e. The first-order valence-electron chi connectivity index (χ1n) is 7.99. The molecule has 2 heterocycles. The number of para-hydroxylation sites is 1. The summed E-state index contributed by atoms with van der Waals surface area (Å²) >= 11 is 5.35. The topological polar surface area (TPSA) is 61.8 Å². The number of nitrogens with zero attached hydrogens (tertiary/aromatic N) is 3. The van der Waals surface area contributed by atoms with E-state index in [-0.39, 0.29) is 0 Å². The lowest BCUT2D eigenvalue weighted by molar-refractivity contribution is 0.871. The highest BCUT2D eigenvalue weighted by atomic mass is 32.1. The maximum absolute atomic E-state index is 5.35. The minimum Gasteiger partial charge on any atom is -0.358 e. The van der Waals surface area contributed by atoms with Crippen molar-refractivity contribution in [2.75, 3.05) is 0 Å². The van der Waals surface area contributed by atoms with Gasteiger partial charge in [-0.1, -0.05) is 48.0 Å². The van der Waals surface area contributed by atoms with Gasteiger partial charge in [-0.2, -0.15) is 14.9 Å². The van der Waals surface area contributed by atoms with Crippen molar-refractivity contribution in [3.63, 3.8) is 0 Å². The minimum absolute atomic E-state index is 0.462. The molecular formula is C19H17N5S. The monoisotopic (exact) mass is 347 g/mol. The second-order valence-electron chi connectivity index (χ2n) is 5.98. The van der Waals surface area contributed by atoms with Gasteiger partial charge in [-0.05, 0) is 32.1 Å². The molecule has 0 aliphatic rings. The van der Waals surface area contributed by atoms with Crippen LogP contribution in [0.5, 0.6) is 0 Å². The van der Waals surface area contributed by atoms with Crippen molar-refractivity contribution in [3.05, 3.63) is 70.1 Å². The van der Waals surface area contributed by atoms with E-state index in [1.165, 1.54) is 5.56 Å². The summed E-state index contributed by atoms with van der Waals surface area (Å²) < 4.78 is 2.12. The number of fused-ring (bicyclic) bond motifs is 1. The van der Waals surface area contributed by atoms with Crippen LogP contribution in [0, 0.1) is 18.6 Å². The van der Waals surface area contributed by atoms with Crippen LogP contribution in [0.1, 0.15) is 16.8 Å². The fraction of sp³-hybridized carbons (Fsp3) is 0.105. The molecule has 0 aliphatic heterocycles. The summed E-state index contributed by atoms with van der Waals surface area (Å²) in [5.41, 5.74) is 5.37. The molecule has 0 saturated heterocycles. The molecule has 4 aromatic rings. The third-order valence-electron chi connectivity index (χ3n) is 4.21. The van der Waals surface area contributed by atoms with Crippen LogP contribution in [0.15, 0.2) is 53.6 Å². The number of hydrogen-bond acceptors (Lipinski definition) is 3. The second kappa shape index (κ2) is 6.14. The summed E-state index contributed by atoms with van der Waals surface area (Å²) in [6.45, 7) is 4.09. The summed E-state index contributed by atoms with van der Waals surface area (Å²) in [6.07, 6.45) is 1.83. The summed E-state index contributed by atoms with van der Waals surface area (Å²) in [4.78, 5) is 3.37. The molecule has 4 rings (SSSR count). The Hall–Kier alpha value is -2.99. The highest BCUT2D eigenvalue weighted by Crippen LogP contribution is 2.21. The van der Waals surface area contributed by atoms with Gasteiger partial charge in [0.1, 0.15) is 0 Å². The first kappa shape index (κ1) is 15.5. The van der Waals surface area contributed by atoms with E-state index >= 15 is 0 Å². The molecule has 0 atom stereocenters. The SMILES string of the molecule is Cc1ccc(-c2n[nH]c(=S)n2/N=C/c2c(C)[nH]c3ccccc23)cc1. The van der Waals surface area contributed by atoms with Gasteiger partial charge in [0.25, 0.3) is 0 Å². The first-order chi connectivity index (χ1) is 12.1. The van der Waals surface area contributed by atoms with Crippen LogP contribution in [-0.4, -0.2) is 26.1 Å². The van der Waals surface area contributed by atoms with Crippen LogP contribution in [0.4, 0.5) is 0 Å². The fourth-order valence-electron chi connectivity index (χ4n) is 2.87. The molecule has 25 heavy (non-hydrogen) atoms. The van der Waals surface area contributed by atoms with E-state index < -0.39 is 0 Å². The smallest absolute Gasteiger partial charge is 0.216 e. The lowest BCUT2D eigenvalue weighted by Crippen LogP contribution is -1.95. The van der Waals surface area contributed by atoms with E-state index in [1.807, 2.05) is 49.5 Å². The van der Waals surface area contributed by atoms with Crippen molar-refractivity contribution in [1.82, 2.24) is 19.9 Å². The molecule has 2 aromatic heterocycles. The van der Waals surface area contributed by atoms with Crippen molar-refractivity contribution >= 4 is 29.3 Å². The van der Waals surface area contributed by atoms with Crippen molar-refractivity contribution in [3.8, 4) is 11.4 Å². The Bertz CT molecular complexity index is 1130. The van der Waals surface area contributed by atoms with E-state index in [0.29, 0.717) is 10.6 Å². The van der Waals surface area contributed by atoms with Crippen LogP contribution >= 0.6 is 12.2 Å². The predicted molar refractivity (Wildman–Crippen MR) is 104 cm³/mol. The van der Waals surface area contributed by atoms with E-state index in [2.05, 4.69) is 39.3 Å². The van der Waals surface area contributed by atoms with Crippen molar-refractivity contribution in [2.45, 2.75) is 13.8 Å². The normalized spacial score (nSPS) is 11.6. The molecule has 2 N–H and O–H groups in total. The number of H-pyrrole nitrogens is 2. The summed E-state index contributed by atoms with van der Waals surface area (Å²) in [6, 6.07) is 16.3. The first-order valence-corrected chi connectivity index (χ1v) is 8.40. The number of aromatic amines is 2. The molecule has 0 fully saturated rings. The molecule has 5 nitrogen and oxygen atoms in total. The Morgan fingerprint density at radius 3 is 2.64 bits per heavy atom. The number of benzene rings is 2. The Labute approximate surface area is 150 Å². The average molecular weight is 347 g/mol. The quantitative estimate of drug-likeness (QED) is 0.421. The van der Waals surface area contributed by atoms with Crippen LogP contribution < -0.4 is 0 Å². The van der Waals surface area contributed by atoms with Gasteiger partial charge < -0.3 is 4.98 Å². The van der Waals surface area contributed by atoms with Gasteiger partial charge in [0.2, 0.25) is 4.77 Å². The zero-order chi connectivity index (χ0) is 17.4. The molecule has 2 aromatic carbocycles. The van der Waals surface area contributed by atoms with Crippen molar-refractivity contribution in [1.29, 1.82) is 0 Å².